The fraction of sp³-hybridized carbons (Fsp3) is 0.267. The van der Waals surface area contributed by atoms with Crippen molar-refractivity contribution in [3.63, 3.8) is 0 Å². The molecule has 0 bridgehead atoms. The third-order valence-corrected chi connectivity index (χ3v) is 3.15. The van der Waals surface area contributed by atoms with Crippen LogP contribution in [0.5, 0.6) is 0 Å². The lowest BCUT2D eigenvalue weighted by Gasteiger charge is -2.29. The van der Waals surface area contributed by atoms with E-state index in [9.17, 15) is 18.8 Å². The fourth-order valence-electron chi connectivity index (χ4n) is 1.89. The molecule has 24 heavy (non-hydrogen) atoms. The summed E-state index contributed by atoms with van der Waals surface area (Å²) in [5, 5.41) is 4.82. The van der Waals surface area contributed by atoms with E-state index in [0.717, 1.165) is 12.3 Å². The molecule has 1 aliphatic heterocycles. The Labute approximate surface area is 141 Å². The Kier molecular flexibility index (Phi) is 4.79. The Bertz CT molecular complexity index is 738. The third kappa shape index (κ3) is 4.02. The highest BCUT2D eigenvalue weighted by molar-refractivity contribution is 6.31. The average Bonchev–Trinajstić information content (AvgIpc) is 2.41. The molecule has 1 saturated heterocycles. The molecule has 0 aliphatic carbocycles. The van der Waals surface area contributed by atoms with Gasteiger partial charge in [0.25, 0.3) is 5.79 Å². The van der Waals surface area contributed by atoms with E-state index in [1.807, 2.05) is 0 Å². The normalized spacial score (nSPS) is 16.1. The number of benzene rings is 1. The molecule has 0 radical (unpaired) electrons. The first-order valence-corrected chi connectivity index (χ1v) is 7.17. The van der Waals surface area contributed by atoms with Gasteiger partial charge in [-0.25, -0.2) is 14.0 Å². The lowest BCUT2D eigenvalue weighted by Crippen LogP contribution is -2.42. The maximum atomic E-state index is 13.6. The van der Waals surface area contributed by atoms with E-state index < -0.39 is 35.0 Å². The summed E-state index contributed by atoms with van der Waals surface area (Å²) in [4.78, 5) is 34.9. The number of ether oxygens (including phenoxy) is 2. The Morgan fingerprint density at radius 3 is 2.33 bits per heavy atom. The first-order chi connectivity index (χ1) is 11.1. The zero-order valence-electron chi connectivity index (χ0n) is 13.0. The second-order valence-corrected chi connectivity index (χ2v) is 5.78. The molecule has 1 amide bonds. The van der Waals surface area contributed by atoms with E-state index in [2.05, 4.69) is 10.6 Å². The number of cyclic esters (lactones) is 2. The van der Waals surface area contributed by atoms with E-state index in [1.54, 1.807) is 0 Å². The van der Waals surface area contributed by atoms with Crippen LogP contribution < -0.4 is 10.6 Å². The van der Waals surface area contributed by atoms with Gasteiger partial charge in [-0.1, -0.05) is 11.6 Å². The fourth-order valence-corrected chi connectivity index (χ4v) is 2.05. The molecule has 1 aromatic rings. The molecule has 0 atom stereocenters. The van der Waals surface area contributed by atoms with Crippen LogP contribution in [-0.2, 0) is 23.9 Å². The summed E-state index contributed by atoms with van der Waals surface area (Å²) in [5.74, 6) is -4.30. The molecule has 9 heteroatoms. The van der Waals surface area contributed by atoms with Gasteiger partial charge < -0.3 is 20.1 Å². The van der Waals surface area contributed by atoms with Gasteiger partial charge in [0.05, 0.1) is 16.4 Å². The van der Waals surface area contributed by atoms with Gasteiger partial charge in [0.1, 0.15) is 5.82 Å². The number of nitrogens with one attached hydrogen (secondary N) is 2. The molecule has 7 nitrogen and oxygen atoms in total. The zero-order chi connectivity index (χ0) is 18.1. The van der Waals surface area contributed by atoms with Crippen molar-refractivity contribution in [3.05, 3.63) is 34.7 Å². The third-order valence-electron chi connectivity index (χ3n) is 2.86. The molecule has 0 aromatic heterocycles. The molecule has 1 heterocycles. The highest BCUT2D eigenvalue weighted by Gasteiger charge is 2.39. The highest BCUT2D eigenvalue weighted by atomic mass is 35.5. The number of esters is 2. The summed E-state index contributed by atoms with van der Waals surface area (Å²) in [6, 6.07) is 2.20. The second-order valence-electron chi connectivity index (χ2n) is 5.37. The van der Waals surface area contributed by atoms with Crippen molar-refractivity contribution in [3.8, 4) is 0 Å². The van der Waals surface area contributed by atoms with Crippen LogP contribution >= 0.6 is 11.6 Å². The van der Waals surface area contributed by atoms with Gasteiger partial charge in [-0.3, -0.25) is 4.79 Å². The van der Waals surface area contributed by atoms with Crippen molar-refractivity contribution in [1.82, 2.24) is 0 Å². The van der Waals surface area contributed by atoms with Crippen LogP contribution in [-0.4, -0.2) is 23.6 Å². The molecule has 2 rings (SSSR count). The Morgan fingerprint density at radius 1 is 1.21 bits per heavy atom. The van der Waals surface area contributed by atoms with Crippen LogP contribution in [0.25, 0.3) is 0 Å². The summed E-state index contributed by atoms with van der Waals surface area (Å²) in [6.45, 7) is 4.09. The van der Waals surface area contributed by atoms with E-state index in [-0.39, 0.29) is 16.4 Å². The minimum absolute atomic E-state index is 0.0880. The van der Waals surface area contributed by atoms with Gasteiger partial charge in [0, 0.05) is 33.0 Å². The van der Waals surface area contributed by atoms with Gasteiger partial charge >= 0.3 is 11.9 Å². The lowest BCUT2D eigenvalue weighted by atomic mass is 10.2. The summed E-state index contributed by atoms with van der Waals surface area (Å²) < 4.78 is 23.5. The van der Waals surface area contributed by atoms with Gasteiger partial charge in [0.2, 0.25) is 5.91 Å². The number of rotatable bonds is 3. The van der Waals surface area contributed by atoms with E-state index in [1.165, 1.54) is 26.8 Å². The Morgan fingerprint density at radius 2 is 1.79 bits per heavy atom. The van der Waals surface area contributed by atoms with Crippen LogP contribution in [0.2, 0.25) is 5.02 Å². The van der Waals surface area contributed by atoms with Gasteiger partial charge in [0.15, 0.2) is 5.57 Å². The molecular formula is C15H14ClFN2O5. The van der Waals surface area contributed by atoms with Crippen LogP contribution in [0, 0.1) is 5.82 Å². The van der Waals surface area contributed by atoms with E-state index in [4.69, 9.17) is 21.1 Å². The van der Waals surface area contributed by atoms with E-state index in [0.29, 0.717) is 0 Å². The Hall–Kier alpha value is -2.61. The summed E-state index contributed by atoms with van der Waals surface area (Å²) in [5.41, 5.74) is -0.146. The number of hydrogen-bond donors (Lipinski definition) is 2. The van der Waals surface area contributed by atoms with Crippen LogP contribution in [0.1, 0.15) is 20.8 Å². The number of amides is 1. The maximum Gasteiger partial charge on any atom is 0.350 e. The number of anilines is 2. The second kappa shape index (κ2) is 6.48. The van der Waals surface area contributed by atoms with Crippen molar-refractivity contribution >= 4 is 40.8 Å². The van der Waals surface area contributed by atoms with Crippen LogP contribution in [0.4, 0.5) is 15.8 Å². The lowest BCUT2D eigenvalue weighted by molar-refractivity contribution is -0.222. The first kappa shape index (κ1) is 17.7. The monoisotopic (exact) mass is 356 g/mol. The number of halogens is 2. The van der Waals surface area contributed by atoms with Crippen molar-refractivity contribution in [2.75, 3.05) is 10.6 Å². The average molecular weight is 357 g/mol. The Balaban J connectivity index is 2.31. The van der Waals surface area contributed by atoms with Crippen molar-refractivity contribution in [2.45, 2.75) is 26.6 Å². The van der Waals surface area contributed by atoms with Crippen molar-refractivity contribution < 1.29 is 28.2 Å². The topological polar surface area (TPSA) is 93.7 Å². The molecule has 0 saturated carbocycles. The molecule has 0 unspecified atom stereocenters. The quantitative estimate of drug-likeness (QED) is 0.491. The minimum atomic E-state index is -1.36. The standard InChI is InChI=1S/C15H14ClFN2O5/c1-7(20)19-12-4-9(16)10(17)5-11(12)18-6-8-13(21)23-15(2,3)24-14(8)22/h4-6,18H,1-3H3,(H,19,20). The predicted octanol–water partition coefficient (Wildman–Crippen LogP) is 2.57. The van der Waals surface area contributed by atoms with Gasteiger partial charge in [-0.15, -0.1) is 0 Å². The number of hydrogen-bond acceptors (Lipinski definition) is 6. The molecule has 2 N–H and O–H groups in total. The minimum Gasteiger partial charge on any atom is -0.419 e. The number of carbonyl (C=O) groups excluding carboxylic acids is 3. The molecular weight excluding hydrogens is 343 g/mol. The van der Waals surface area contributed by atoms with E-state index >= 15 is 0 Å². The largest absolute Gasteiger partial charge is 0.419 e. The SMILES string of the molecule is CC(=O)Nc1cc(Cl)c(F)cc1NC=C1C(=O)OC(C)(C)OC1=O. The smallest absolute Gasteiger partial charge is 0.350 e. The maximum absolute atomic E-state index is 13.6. The zero-order valence-corrected chi connectivity index (χ0v) is 13.8. The summed E-state index contributed by atoms with van der Waals surface area (Å²) in [7, 11) is 0. The molecule has 1 fully saturated rings. The molecule has 128 valence electrons. The number of carbonyl (C=O) groups is 3. The molecule has 0 spiro atoms. The van der Waals surface area contributed by atoms with Crippen LogP contribution in [0.3, 0.4) is 0 Å². The summed E-state index contributed by atoms with van der Waals surface area (Å²) >= 11 is 5.68. The first-order valence-electron chi connectivity index (χ1n) is 6.79. The van der Waals surface area contributed by atoms with Gasteiger partial charge in [-0.2, -0.15) is 0 Å². The van der Waals surface area contributed by atoms with Crippen molar-refractivity contribution in [1.29, 1.82) is 0 Å². The van der Waals surface area contributed by atoms with Gasteiger partial charge in [-0.05, 0) is 6.07 Å². The van der Waals surface area contributed by atoms with Crippen LogP contribution in [0.15, 0.2) is 23.9 Å². The predicted molar refractivity (Wildman–Crippen MR) is 83.7 cm³/mol. The van der Waals surface area contributed by atoms with Crippen molar-refractivity contribution in [2.24, 2.45) is 0 Å². The molecule has 1 aromatic carbocycles. The summed E-state index contributed by atoms with van der Waals surface area (Å²) in [6.07, 6.45) is 1.01. The molecule has 1 aliphatic rings. The highest BCUT2D eigenvalue weighted by Crippen LogP contribution is 2.29.